The van der Waals surface area contributed by atoms with E-state index in [1.165, 1.54) is 7.11 Å². The molecule has 2 rings (SSSR count). The van der Waals surface area contributed by atoms with E-state index < -0.39 is 0 Å². The molecule has 5 nitrogen and oxygen atoms in total. The first-order valence-electron chi connectivity index (χ1n) is 8.99. The molecule has 1 amide bonds. The van der Waals surface area contributed by atoms with Crippen molar-refractivity contribution in [1.82, 2.24) is 4.90 Å². The SMILES string of the molecule is COc1ccc(OC)c(C(=O)c2ccc(C(=O)N(C(C)C)C(C)C)cc2)c1. The highest BCUT2D eigenvalue weighted by Gasteiger charge is 2.22. The van der Waals surface area contributed by atoms with E-state index in [4.69, 9.17) is 9.47 Å². The Morgan fingerprint density at radius 1 is 0.815 bits per heavy atom. The fourth-order valence-corrected chi connectivity index (χ4v) is 3.13. The van der Waals surface area contributed by atoms with Crippen molar-refractivity contribution >= 4 is 11.7 Å². The molecule has 0 unspecified atom stereocenters. The summed E-state index contributed by atoms with van der Waals surface area (Å²) in [7, 11) is 3.07. The smallest absolute Gasteiger partial charge is 0.254 e. The predicted octanol–water partition coefficient (Wildman–Crippen LogP) is 4.19. The highest BCUT2D eigenvalue weighted by Crippen LogP contribution is 2.26. The minimum Gasteiger partial charge on any atom is -0.497 e. The lowest BCUT2D eigenvalue weighted by Crippen LogP contribution is -2.42. The normalized spacial score (nSPS) is 10.8. The molecule has 2 aromatic rings. The third kappa shape index (κ3) is 4.48. The molecule has 27 heavy (non-hydrogen) atoms. The summed E-state index contributed by atoms with van der Waals surface area (Å²) in [5, 5.41) is 0. The van der Waals surface area contributed by atoms with Gasteiger partial charge in [0, 0.05) is 23.2 Å². The summed E-state index contributed by atoms with van der Waals surface area (Å²) >= 11 is 0. The Kier molecular flexibility index (Phi) is 6.61. The lowest BCUT2D eigenvalue weighted by Gasteiger charge is -2.30. The van der Waals surface area contributed by atoms with Crippen LogP contribution in [0.5, 0.6) is 11.5 Å². The zero-order valence-electron chi connectivity index (χ0n) is 16.8. The predicted molar refractivity (Wildman–Crippen MR) is 106 cm³/mol. The van der Waals surface area contributed by atoms with Gasteiger partial charge in [-0.2, -0.15) is 0 Å². The van der Waals surface area contributed by atoms with Crippen molar-refractivity contribution in [3.8, 4) is 11.5 Å². The van der Waals surface area contributed by atoms with Gasteiger partial charge in [0.05, 0.1) is 19.8 Å². The number of methoxy groups -OCH3 is 2. The van der Waals surface area contributed by atoms with Crippen molar-refractivity contribution < 1.29 is 19.1 Å². The van der Waals surface area contributed by atoms with Crippen molar-refractivity contribution in [1.29, 1.82) is 0 Å². The van der Waals surface area contributed by atoms with Gasteiger partial charge in [0.15, 0.2) is 5.78 Å². The van der Waals surface area contributed by atoms with Crippen molar-refractivity contribution in [3.05, 3.63) is 59.2 Å². The Labute approximate surface area is 160 Å². The summed E-state index contributed by atoms with van der Waals surface area (Å²) in [5.41, 5.74) is 1.47. The average molecular weight is 369 g/mol. The summed E-state index contributed by atoms with van der Waals surface area (Å²) in [6.07, 6.45) is 0. The van der Waals surface area contributed by atoms with E-state index >= 15 is 0 Å². The molecule has 0 fully saturated rings. The number of hydrogen-bond donors (Lipinski definition) is 0. The van der Waals surface area contributed by atoms with E-state index in [0.29, 0.717) is 28.2 Å². The summed E-state index contributed by atoms with van der Waals surface area (Å²) in [6.45, 7) is 7.96. The maximum absolute atomic E-state index is 12.9. The average Bonchev–Trinajstić information content (AvgIpc) is 2.66. The van der Waals surface area contributed by atoms with Crippen molar-refractivity contribution in [2.24, 2.45) is 0 Å². The molecule has 144 valence electrons. The first-order valence-corrected chi connectivity index (χ1v) is 8.99. The number of rotatable bonds is 7. The second-order valence-electron chi connectivity index (χ2n) is 6.87. The molecule has 5 heteroatoms. The fourth-order valence-electron chi connectivity index (χ4n) is 3.13. The van der Waals surface area contributed by atoms with Crippen LogP contribution in [-0.2, 0) is 0 Å². The minimum atomic E-state index is -0.186. The van der Waals surface area contributed by atoms with Crippen LogP contribution in [0.4, 0.5) is 0 Å². The number of nitrogens with zero attached hydrogens (tertiary/aromatic N) is 1. The van der Waals surface area contributed by atoms with Crippen molar-refractivity contribution in [3.63, 3.8) is 0 Å². The van der Waals surface area contributed by atoms with Gasteiger partial charge in [-0.1, -0.05) is 12.1 Å². The zero-order valence-corrected chi connectivity index (χ0v) is 16.8. The van der Waals surface area contributed by atoms with Crippen LogP contribution in [0, 0.1) is 0 Å². The molecule has 0 heterocycles. The maximum Gasteiger partial charge on any atom is 0.254 e. The summed E-state index contributed by atoms with van der Waals surface area (Å²) in [5.74, 6) is 0.828. The van der Waals surface area contributed by atoms with Crippen LogP contribution >= 0.6 is 0 Å². The molecule has 0 saturated heterocycles. The molecular weight excluding hydrogens is 342 g/mol. The van der Waals surface area contributed by atoms with Crippen LogP contribution in [0.15, 0.2) is 42.5 Å². The van der Waals surface area contributed by atoms with E-state index in [1.807, 2.05) is 32.6 Å². The molecule has 0 aromatic heterocycles. The molecule has 2 aromatic carbocycles. The first-order chi connectivity index (χ1) is 12.8. The third-order valence-corrected chi connectivity index (χ3v) is 4.39. The van der Waals surface area contributed by atoms with Crippen molar-refractivity contribution in [2.75, 3.05) is 14.2 Å². The number of benzene rings is 2. The van der Waals surface area contributed by atoms with Gasteiger partial charge in [0.25, 0.3) is 5.91 Å². The van der Waals surface area contributed by atoms with E-state index in [0.717, 1.165) is 0 Å². The van der Waals surface area contributed by atoms with E-state index in [2.05, 4.69) is 0 Å². The van der Waals surface area contributed by atoms with Gasteiger partial charge in [0.2, 0.25) is 0 Å². The highest BCUT2D eigenvalue weighted by atomic mass is 16.5. The van der Waals surface area contributed by atoms with Crippen LogP contribution in [0.2, 0.25) is 0 Å². The monoisotopic (exact) mass is 369 g/mol. The van der Waals surface area contributed by atoms with E-state index in [1.54, 1.807) is 49.6 Å². The number of carbonyl (C=O) groups is 2. The van der Waals surface area contributed by atoms with Crippen LogP contribution in [0.25, 0.3) is 0 Å². The number of carbonyl (C=O) groups excluding carboxylic acids is 2. The lowest BCUT2D eigenvalue weighted by atomic mass is 10.00. The molecular formula is C22H27NO4. The van der Waals surface area contributed by atoms with Crippen molar-refractivity contribution in [2.45, 2.75) is 39.8 Å². The Morgan fingerprint density at radius 2 is 1.37 bits per heavy atom. The number of ether oxygens (including phenoxy) is 2. The Hall–Kier alpha value is -2.82. The number of hydrogen-bond acceptors (Lipinski definition) is 4. The lowest BCUT2D eigenvalue weighted by molar-refractivity contribution is 0.0643. The zero-order chi connectivity index (χ0) is 20.1. The van der Waals surface area contributed by atoms with E-state index in [9.17, 15) is 9.59 Å². The Morgan fingerprint density at radius 3 is 1.85 bits per heavy atom. The summed E-state index contributed by atoms with van der Waals surface area (Å²) in [4.78, 5) is 27.5. The largest absolute Gasteiger partial charge is 0.497 e. The molecule has 0 aliphatic heterocycles. The third-order valence-electron chi connectivity index (χ3n) is 4.39. The molecule has 0 bridgehead atoms. The second-order valence-corrected chi connectivity index (χ2v) is 6.87. The molecule has 0 radical (unpaired) electrons. The van der Waals surface area contributed by atoms with Crippen LogP contribution < -0.4 is 9.47 Å². The molecule has 0 atom stereocenters. The van der Waals surface area contributed by atoms with Gasteiger partial charge in [-0.25, -0.2) is 0 Å². The first kappa shape index (κ1) is 20.5. The quantitative estimate of drug-likeness (QED) is 0.687. The van der Waals surface area contributed by atoms with Gasteiger partial charge in [0.1, 0.15) is 11.5 Å². The molecule has 0 spiro atoms. The Bertz CT molecular complexity index is 802. The maximum atomic E-state index is 12.9. The van der Waals surface area contributed by atoms with Crippen LogP contribution in [0.3, 0.4) is 0 Å². The number of amides is 1. The molecule has 0 saturated carbocycles. The van der Waals surface area contributed by atoms with Crippen LogP contribution in [0.1, 0.15) is 54.0 Å². The molecule has 0 N–H and O–H groups in total. The highest BCUT2D eigenvalue weighted by molar-refractivity contribution is 6.11. The summed E-state index contributed by atoms with van der Waals surface area (Å²) < 4.78 is 10.5. The molecule has 0 aliphatic carbocycles. The van der Waals surface area contributed by atoms with Gasteiger partial charge in [-0.05, 0) is 58.0 Å². The molecule has 0 aliphatic rings. The fraction of sp³-hybridized carbons (Fsp3) is 0.364. The summed E-state index contributed by atoms with van der Waals surface area (Å²) in [6, 6.07) is 12.0. The topological polar surface area (TPSA) is 55.8 Å². The Balaban J connectivity index is 2.32. The van der Waals surface area contributed by atoms with Gasteiger partial charge >= 0.3 is 0 Å². The number of ketones is 1. The minimum absolute atomic E-state index is 0.0436. The van der Waals surface area contributed by atoms with E-state index in [-0.39, 0.29) is 23.8 Å². The van der Waals surface area contributed by atoms with Gasteiger partial charge < -0.3 is 14.4 Å². The van der Waals surface area contributed by atoms with Gasteiger partial charge in [-0.15, -0.1) is 0 Å². The second kappa shape index (κ2) is 8.71. The standard InChI is InChI=1S/C22H27NO4/c1-14(2)23(15(3)4)22(25)17-9-7-16(8-10-17)21(24)19-13-18(26-5)11-12-20(19)27-6/h7-15H,1-6H3. The van der Waals surface area contributed by atoms with Gasteiger partial charge in [-0.3, -0.25) is 9.59 Å². The van der Waals surface area contributed by atoms with Crippen LogP contribution in [-0.4, -0.2) is 42.9 Å².